The first-order chi connectivity index (χ1) is 7.29. The number of halogens is 1. The van der Waals surface area contributed by atoms with Crippen molar-refractivity contribution < 1.29 is 3.07 Å². The van der Waals surface area contributed by atoms with E-state index in [9.17, 15) is 0 Å². The summed E-state index contributed by atoms with van der Waals surface area (Å²) in [7, 11) is 0. The summed E-state index contributed by atoms with van der Waals surface area (Å²) < 4.78 is 5.72. The van der Waals surface area contributed by atoms with E-state index in [4.69, 9.17) is 3.07 Å². The van der Waals surface area contributed by atoms with Gasteiger partial charge in [0.05, 0.1) is 6.10 Å². The molecule has 1 atom stereocenters. The molecule has 0 saturated carbocycles. The average Bonchev–Trinajstić information content (AvgIpc) is 2.13. The predicted molar refractivity (Wildman–Crippen MR) is 80.9 cm³/mol. The Labute approximate surface area is 116 Å². The summed E-state index contributed by atoms with van der Waals surface area (Å²) in [5.74, 6) is 0. The van der Waals surface area contributed by atoms with Gasteiger partial charge < -0.3 is 3.07 Å². The van der Waals surface area contributed by atoms with Gasteiger partial charge in [-0.25, -0.2) is 0 Å². The molecule has 0 heterocycles. The van der Waals surface area contributed by atoms with Crippen LogP contribution in [0.5, 0.6) is 0 Å². The number of hydrogen-bond donors (Lipinski definition) is 0. The standard InChI is InChI=1S/C14H29IO/c1-7-9-13(3,4)11-12(16-15)14(5,6)10-8-2/h12H,7-11H2,1-6H3. The first kappa shape index (κ1) is 16.7. The molecule has 0 rings (SSSR count). The maximum Gasteiger partial charge on any atom is 0.110 e. The molecule has 0 aromatic rings. The molecular formula is C14H29IO. The monoisotopic (exact) mass is 340 g/mol. The Bertz CT molecular complexity index is 187. The number of rotatable bonds is 8. The van der Waals surface area contributed by atoms with E-state index < -0.39 is 0 Å². The zero-order valence-corrected chi connectivity index (χ0v) is 14.1. The van der Waals surface area contributed by atoms with Crippen LogP contribution >= 0.6 is 23.0 Å². The van der Waals surface area contributed by atoms with Crippen LogP contribution in [-0.4, -0.2) is 6.10 Å². The van der Waals surface area contributed by atoms with Crippen molar-refractivity contribution in [1.82, 2.24) is 0 Å². The first-order valence-corrected chi connectivity index (χ1v) is 7.44. The van der Waals surface area contributed by atoms with Gasteiger partial charge in [0.25, 0.3) is 0 Å². The van der Waals surface area contributed by atoms with Crippen molar-refractivity contribution in [2.45, 2.75) is 79.8 Å². The Morgan fingerprint density at radius 1 is 1.00 bits per heavy atom. The van der Waals surface area contributed by atoms with Gasteiger partial charge in [0.1, 0.15) is 23.0 Å². The van der Waals surface area contributed by atoms with Gasteiger partial charge >= 0.3 is 0 Å². The van der Waals surface area contributed by atoms with Crippen molar-refractivity contribution >= 4 is 23.0 Å². The molecule has 0 radical (unpaired) electrons. The van der Waals surface area contributed by atoms with Crippen LogP contribution in [0.3, 0.4) is 0 Å². The van der Waals surface area contributed by atoms with Crippen LogP contribution in [0.25, 0.3) is 0 Å². The van der Waals surface area contributed by atoms with Gasteiger partial charge in [0.2, 0.25) is 0 Å². The molecule has 0 bridgehead atoms. The molecule has 0 amide bonds. The molecule has 98 valence electrons. The third-order valence-corrected chi connectivity index (χ3v) is 4.15. The van der Waals surface area contributed by atoms with E-state index in [-0.39, 0.29) is 0 Å². The Morgan fingerprint density at radius 3 is 1.88 bits per heavy atom. The van der Waals surface area contributed by atoms with Crippen molar-refractivity contribution in [3.63, 3.8) is 0 Å². The van der Waals surface area contributed by atoms with Gasteiger partial charge in [0.15, 0.2) is 0 Å². The topological polar surface area (TPSA) is 9.23 Å². The quantitative estimate of drug-likeness (QED) is 0.510. The maximum atomic E-state index is 5.72. The molecule has 0 spiro atoms. The summed E-state index contributed by atoms with van der Waals surface area (Å²) >= 11 is 2.08. The van der Waals surface area contributed by atoms with Crippen molar-refractivity contribution in [3.05, 3.63) is 0 Å². The highest BCUT2D eigenvalue weighted by Gasteiger charge is 2.33. The molecule has 0 aliphatic heterocycles. The Kier molecular flexibility index (Phi) is 7.51. The lowest BCUT2D eigenvalue weighted by atomic mass is 9.73. The fourth-order valence-electron chi connectivity index (χ4n) is 2.51. The first-order valence-electron chi connectivity index (χ1n) is 6.56. The third-order valence-electron chi connectivity index (χ3n) is 3.54. The zero-order valence-electron chi connectivity index (χ0n) is 11.9. The molecule has 2 heteroatoms. The van der Waals surface area contributed by atoms with E-state index in [0.717, 1.165) is 6.42 Å². The Hall–Kier alpha value is 0.690. The van der Waals surface area contributed by atoms with Crippen LogP contribution in [-0.2, 0) is 3.07 Å². The van der Waals surface area contributed by atoms with Crippen molar-refractivity contribution in [1.29, 1.82) is 0 Å². The molecule has 0 aromatic carbocycles. The second-order valence-electron chi connectivity index (χ2n) is 6.43. The molecule has 0 aromatic heterocycles. The molecule has 1 unspecified atom stereocenters. The minimum absolute atomic E-state index is 0.293. The van der Waals surface area contributed by atoms with Crippen LogP contribution in [0, 0.1) is 10.8 Å². The molecule has 0 aliphatic rings. The van der Waals surface area contributed by atoms with Crippen LogP contribution in [0.1, 0.15) is 73.6 Å². The summed E-state index contributed by atoms with van der Waals surface area (Å²) in [5, 5.41) is 0. The lowest BCUT2D eigenvalue weighted by molar-refractivity contribution is 0.0587. The highest BCUT2D eigenvalue weighted by molar-refractivity contribution is 14.1. The van der Waals surface area contributed by atoms with E-state index in [0.29, 0.717) is 16.9 Å². The average molecular weight is 340 g/mol. The fourth-order valence-corrected chi connectivity index (χ4v) is 3.38. The van der Waals surface area contributed by atoms with Crippen LogP contribution in [0.15, 0.2) is 0 Å². The predicted octanol–water partition coefficient (Wildman–Crippen LogP) is 5.76. The minimum Gasteiger partial charge on any atom is -0.312 e. The minimum atomic E-state index is 0.293. The van der Waals surface area contributed by atoms with Crippen molar-refractivity contribution in [2.24, 2.45) is 10.8 Å². The van der Waals surface area contributed by atoms with E-state index in [1.807, 2.05) is 0 Å². The van der Waals surface area contributed by atoms with Gasteiger partial charge in [-0.1, -0.05) is 54.4 Å². The van der Waals surface area contributed by atoms with Gasteiger partial charge in [-0.2, -0.15) is 0 Å². The van der Waals surface area contributed by atoms with Gasteiger partial charge in [-0.3, -0.25) is 0 Å². The zero-order chi connectivity index (χ0) is 12.8. The second-order valence-corrected chi connectivity index (χ2v) is 6.94. The van der Waals surface area contributed by atoms with Crippen LogP contribution in [0.4, 0.5) is 0 Å². The molecule has 0 aliphatic carbocycles. The normalized spacial score (nSPS) is 15.2. The highest BCUT2D eigenvalue weighted by Crippen LogP contribution is 2.39. The summed E-state index contributed by atoms with van der Waals surface area (Å²) in [4.78, 5) is 0. The molecule has 1 nitrogen and oxygen atoms in total. The van der Waals surface area contributed by atoms with E-state index >= 15 is 0 Å². The van der Waals surface area contributed by atoms with Crippen LogP contribution in [0.2, 0.25) is 0 Å². The van der Waals surface area contributed by atoms with Gasteiger partial charge in [0, 0.05) is 0 Å². The Balaban J connectivity index is 4.50. The largest absolute Gasteiger partial charge is 0.312 e. The third kappa shape index (κ3) is 5.85. The maximum absolute atomic E-state index is 5.72. The highest BCUT2D eigenvalue weighted by atomic mass is 127. The summed E-state index contributed by atoms with van der Waals surface area (Å²) in [5.41, 5.74) is 0.691. The fraction of sp³-hybridized carbons (Fsp3) is 1.00. The van der Waals surface area contributed by atoms with E-state index in [1.165, 1.54) is 25.7 Å². The number of hydrogen-bond acceptors (Lipinski definition) is 1. The molecule has 0 saturated heterocycles. The summed E-state index contributed by atoms with van der Waals surface area (Å²) in [6.07, 6.45) is 6.55. The van der Waals surface area contributed by atoms with Crippen molar-refractivity contribution in [2.75, 3.05) is 0 Å². The summed E-state index contributed by atoms with van der Waals surface area (Å²) in [6.45, 7) is 13.9. The second kappa shape index (κ2) is 7.20. The van der Waals surface area contributed by atoms with E-state index in [2.05, 4.69) is 64.5 Å². The summed E-state index contributed by atoms with van der Waals surface area (Å²) in [6, 6.07) is 0. The Morgan fingerprint density at radius 2 is 1.50 bits per heavy atom. The van der Waals surface area contributed by atoms with E-state index in [1.54, 1.807) is 0 Å². The molecule has 0 fully saturated rings. The van der Waals surface area contributed by atoms with Crippen LogP contribution < -0.4 is 0 Å². The lowest BCUT2D eigenvalue weighted by Gasteiger charge is -2.37. The van der Waals surface area contributed by atoms with Gasteiger partial charge in [-0.05, 0) is 30.1 Å². The van der Waals surface area contributed by atoms with Gasteiger partial charge in [-0.15, -0.1) is 0 Å². The molecular weight excluding hydrogens is 311 g/mol. The molecule has 16 heavy (non-hydrogen) atoms. The molecule has 0 N–H and O–H groups in total. The smallest absolute Gasteiger partial charge is 0.110 e. The SMILES string of the molecule is CCCC(C)(C)CC(OI)C(C)(C)CCC. The lowest BCUT2D eigenvalue weighted by Crippen LogP contribution is -2.34. The van der Waals surface area contributed by atoms with Crippen molar-refractivity contribution in [3.8, 4) is 0 Å².